The highest BCUT2D eigenvalue weighted by atomic mass is 32.1. The number of nitrogens with two attached hydrogens (primary N) is 1. The van der Waals surface area contributed by atoms with Gasteiger partial charge in [-0.15, -0.1) is 11.3 Å². The molecule has 0 radical (unpaired) electrons. The lowest BCUT2D eigenvalue weighted by Gasteiger charge is -2.15. The van der Waals surface area contributed by atoms with E-state index in [1.807, 2.05) is 0 Å². The quantitative estimate of drug-likeness (QED) is 0.116. The Morgan fingerprint density at radius 3 is 2.81 bits per heavy atom. The van der Waals surface area contributed by atoms with Gasteiger partial charge in [0.05, 0.1) is 23.1 Å². The number of nitrogens with zero attached hydrogens (tertiary/aromatic N) is 3. The Morgan fingerprint density at radius 1 is 1.30 bits per heavy atom. The molecule has 37 heavy (non-hydrogen) atoms. The minimum atomic E-state index is -0.829. The highest BCUT2D eigenvalue weighted by Gasteiger charge is 2.18. The molecule has 4 N–H and O–H groups in total. The van der Waals surface area contributed by atoms with E-state index in [0.717, 1.165) is 5.56 Å². The maximum atomic E-state index is 13.1. The lowest BCUT2D eigenvalue weighted by atomic mass is 10.0. The highest BCUT2D eigenvalue weighted by Crippen LogP contribution is 2.33. The van der Waals surface area contributed by atoms with Gasteiger partial charge in [0.1, 0.15) is 10.7 Å². The van der Waals surface area contributed by atoms with Crippen LogP contribution in [0.3, 0.4) is 0 Å². The fourth-order valence-corrected chi connectivity index (χ4v) is 4.25. The van der Waals surface area contributed by atoms with Crippen LogP contribution in [0.5, 0.6) is 0 Å². The number of hydrogen-bond donors (Lipinski definition) is 3. The zero-order valence-electron chi connectivity index (χ0n) is 20.2. The summed E-state index contributed by atoms with van der Waals surface area (Å²) in [4.78, 5) is 32.5. The van der Waals surface area contributed by atoms with Gasteiger partial charge in [-0.05, 0) is 38.5 Å². The number of anilines is 2. The molecule has 0 aliphatic carbocycles. The van der Waals surface area contributed by atoms with Crippen molar-refractivity contribution >= 4 is 40.5 Å². The van der Waals surface area contributed by atoms with Crippen molar-refractivity contribution in [3.63, 3.8) is 0 Å². The van der Waals surface area contributed by atoms with Crippen molar-refractivity contribution in [1.29, 1.82) is 0 Å². The van der Waals surface area contributed by atoms with E-state index in [4.69, 9.17) is 10.2 Å². The number of furan rings is 1. The fraction of sp³-hybridized carbons (Fsp3) is 0.192. The molecule has 0 aliphatic heterocycles. The molecule has 10 nitrogen and oxygen atoms in total. The monoisotopic (exact) mass is 519 g/mol. The van der Waals surface area contributed by atoms with Gasteiger partial charge in [-0.3, -0.25) is 19.9 Å². The van der Waals surface area contributed by atoms with Gasteiger partial charge >= 0.3 is 0 Å². The number of hydrogen-bond acceptors (Lipinski definition) is 9. The molecule has 0 atom stereocenters. The SMILES string of the molecule is CC(C)(O)CCN=Cc1cc(NC(=O)c2csc(-c3cccc([N+](=O)[O-])c3)n2)c(-c2ccoc2)cc1N. The predicted octanol–water partition coefficient (Wildman–Crippen LogP) is 5.39. The zero-order valence-corrected chi connectivity index (χ0v) is 21.0. The molecule has 0 aliphatic rings. The van der Waals surface area contributed by atoms with Gasteiger partial charge in [-0.25, -0.2) is 4.98 Å². The lowest BCUT2D eigenvalue weighted by molar-refractivity contribution is -0.384. The second kappa shape index (κ2) is 10.7. The summed E-state index contributed by atoms with van der Waals surface area (Å²) in [5.74, 6) is -0.452. The van der Waals surface area contributed by atoms with Gasteiger partial charge in [0.25, 0.3) is 11.6 Å². The molecule has 0 saturated carbocycles. The molecule has 0 bridgehead atoms. The smallest absolute Gasteiger partial charge is 0.275 e. The lowest BCUT2D eigenvalue weighted by Crippen LogP contribution is -2.19. The minimum Gasteiger partial charge on any atom is -0.472 e. The van der Waals surface area contributed by atoms with E-state index in [1.54, 1.807) is 62.0 Å². The molecule has 11 heteroatoms. The van der Waals surface area contributed by atoms with E-state index >= 15 is 0 Å². The standard InChI is InChI=1S/C26H25N5O5S/c1-26(2,33)7-8-28-13-18-11-22(20(12-21(18)27)17-6-9-36-14-17)29-24(32)23-15-37-25(30-23)16-4-3-5-19(10-16)31(34)35/h3-6,9-15,33H,7-8,27H2,1-2H3,(H,29,32). The molecule has 2 aromatic carbocycles. The minimum absolute atomic E-state index is 0.0536. The first-order valence-electron chi connectivity index (χ1n) is 11.3. The molecule has 4 rings (SSSR count). The Morgan fingerprint density at radius 2 is 2.11 bits per heavy atom. The summed E-state index contributed by atoms with van der Waals surface area (Å²) in [6, 6.07) is 11.3. The fourth-order valence-electron chi connectivity index (χ4n) is 3.46. The Kier molecular flexibility index (Phi) is 7.46. The first-order valence-corrected chi connectivity index (χ1v) is 12.2. The number of carbonyl (C=O) groups is 1. The van der Waals surface area contributed by atoms with Crippen molar-refractivity contribution in [3.8, 4) is 21.7 Å². The van der Waals surface area contributed by atoms with Crippen LogP contribution >= 0.6 is 11.3 Å². The van der Waals surface area contributed by atoms with Crippen LogP contribution in [0.2, 0.25) is 0 Å². The van der Waals surface area contributed by atoms with E-state index in [-0.39, 0.29) is 11.4 Å². The van der Waals surface area contributed by atoms with Crippen LogP contribution in [0.4, 0.5) is 17.1 Å². The third kappa shape index (κ3) is 6.46. The first kappa shape index (κ1) is 25.7. The third-order valence-electron chi connectivity index (χ3n) is 5.43. The number of nitrogen functional groups attached to an aromatic ring is 1. The number of non-ortho nitro benzene ring substituents is 1. The van der Waals surface area contributed by atoms with Crippen molar-refractivity contribution < 1.29 is 19.2 Å². The van der Waals surface area contributed by atoms with Gasteiger partial charge < -0.3 is 20.6 Å². The summed E-state index contributed by atoms with van der Waals surface area (Å²) < 4.78 is 5.21. The van der Waals surface area contributed by atoms with Crippen LogP contribution in [0.1, 0.15) is 36.3 Å². The van der Waals surface area contributed by atoms with Crippen molar-refractivity contribution in [3.05, 3.63) is 81.7 Å². The second-order valence-electron chi connectivity index (χ2n) is 8.94. The van der Waals surface area contributed by atoms with Crippen molar-refractivity contribution in [2.75, 3.05) is 17.6 Å². The molecule has 0 unspecified atom stereocenters. The topological polar surface area (TPSA) is 157 Å². The van der Waals surface area contributed by atoms with Crippen LogP contribution in [0.15, 0.2) is 69.8 Å². The van der Waals surface area contributed by atoms with Crippen LogP contribution in [0, 0.1) is 10.1 Å². The first-order chi connectivity index (χ1) is 17.6. The number of aliphatic hydroxyl groups is 1. The van der Waals surface area contributed by atoms with Gasteiger partial charge in [-0.1, -0.05) is 12.1 Å². The van der Waals surface area contributed by atoms with Crippen molar-refractivity contribution in [1.82, 2.24) is 4.98 Å². The van der Waals surface area contributed by atoms with Crippen LogP contribution in [-0.4, -0.2) is 39.3 Å². The van der Waals surface area contributed by atoms with Crippen molar-refractivity contribution in [2.24, 2.45) is 4.99 Å². The summed E-state index contributed by atoms with van der Waals surface area (Å²) in [6.45, 7) is 3.84. The normalized spacial score (nSPS) is 11.6. The molecule has 0 fully saturated rings. The van der Waals surface area contributed by atoms with E-state index in [2.05, 4.69) is 15.3 Å². The molecule has 1 amide bonds. The summed E-state index contributed by atoms with van der Waals surface area (Å²) in [5, 5.41) is 26.0. The number of amides is 1. The van der Waals surface area contributed by atoms with Crippen LogP contribution in [0.25, 0.3) is 21.7 Å². The number of aromatic nitrogens is 1. The predicted molar refractivity (Wildman–Crippen MR) is 144 cm³/mol. The molecule has 2 aromatic heterocycles. The molecular weight excluding hydrogens is 494 g/mol. The molecular formula is C26H25N5O5S. The number of benzene rings is 2. The summed E-state index contributed by atoms with van der Waals surface area (Å²) >= 11 is 1.21. The number of nitrogens with one attached hydrogen (secondary N) is 1. The molecule has 0 spiro atoms. The summed E-state index contributed by atoms with van der Waals surface area (Å²) in [5.41, 5.74) is 9.03. The van der Waals surface area contributed by atoms with Gasteiger partial charge in [0.15, 0.2) is 0 Å². The Bertz CT molecular complexity index is 1450. The Balaban J connectivity index is 1.61. The van der Waals surface area contributed by atoms with E-state index in [9.17, 15) is 20.0 Å². The average Bonchev–Trinajstić information content (AvgIpc) is 3.55. The number of nitro groups is 1. The summed E-state index contributed by atoms with van der Waals surface area (Å²) in [6.07, 6.45) is 5.16. The Labute approximate surface area is 216 Å². The number of thiazole rings is 1. The van der Waals surface area contributed by atoms with Gasteiger partial charge in [0.2, 0.25) is 0 Å². The maximum absolute atomic E-state index is 13.1. The number of nitro benzene ring substituents is 1. The number of rotatable bonds is 9. The largest absolute Gasteiger partial charge is 0.472 e. The molecule has 4 aromatic rings. The summed E-state index contributed by atoms with van der Waals surface area (Å²) in [7, 11) is 0. The van der Waals surface area contributed by atoms with Crippen molar-refractivity contribution in [2.45, 2.75) is 25.9 Å². The number of carbonyl (C=O) groups excluding carboxylic acids is 1. The average molecular weight is 520 g/mol. The maximum Gasteiger partial charge on any atom is 0.275 e. The van der Waals surface area contributed by atoms with E-state index in [1.165, 1.54) is 29.7 Å². The van der Waals surface area contributed by atoms with E-state index < -0.39 is 16.4 Å². The number of aliphatic imine (C=N–C) groups is 1. The second-order valence-corrected chi connectivity index (χ2v) is 9.79. The Hall–Kier alpha value is -4.35. The highest BCUT2D eigenvalue weighted by molar-refractivity contribution is 7.13. The molecule has 2 heterocycles. The zero-order chi connectivity index (χ0) is 26.6. The molecule has 0 saturated heterocycles. The van der Waals surface area contributed by atoms with Crippen LogP contribution in [-0.2, 0) is 0 Å². The molecule has 190 valence electrons. The van der Waals surface area contributed by atoms with Gasteiger partial charge in [0, 0.05) is 63.9 Å². The van der Waals surface area contributed by atoms with Crippen LogP contribution < -0.4 is 11.1 Å². The van der Waals surface area contributed by atoms with E-state index in [0.29, 0.717) is 46.0 Å². The third-order valence-corrected chi connectivity index (χ3v) is 6.32. The van der Waals surface area contributed by atoms with Gasteiger partial charge in [-0.2, -0.15) is 0 Å².